The molecule has 4 nitrogen and oxygen atoms in total. The molecule has 0 aliphatic rings. The van der Waals surface area contributed by atoms with Gasteiger partial charge in [-0.2, -0.15) is 5.10 Å². The summed E-state index contributed by atoms with van der Waals surface area (Å²) in [6, 6.07) is 5.65. The Morgan fingerprint density at radius 2 is 2.00 bits per heavy atom. The highest BCUT2D eigenvalue weighted by Crippen LogP contribution is 2.32. The third-order valence-corrected chi connectivity index (χ3v) is 3.79. The highest BCUT2D eigenvalue weighted by Gasteiger charge is 2.23. The molecule has 108 valence electrons. The summed E-state index contributed by atoms with van der Waals surface area (Å²) in [7, 11) is 0. The smallest absolute Gasteiger partial charge is 0.0896 e. The normalized spacial score (nSPS) is 12.9. The van der Waals surface area contributed by atoms with E-state index in [2.05, 4.69) is 10.5 Å². The second-order valence-electron chi connectivity index (χ2n) is 5.02. The van der Waals surface area contributed by atoms with E-state index in [1.54, 1.807) is 6.20 Å². The predicted octanol–water partition coefficient (Wildman–Crippen LogP) is 3.63. The second-order valence-corrected chi connectivity index (χ2v) is 5.86. The predicted molar refractivity (Wildman–Crippen MR) is 83.0 cm³/mol. The van der Waals surface area contributed by atoms with Gasteiger partial charge in [0.2, 0.25) is 0 Å². The van der Waals surface area contributed by atoms with Crippen LogP contribution in [-0.2, 0) is 0 Å². The molecule has 20 heavy (non-hydrogen) atoms. The molecule has 0 amide bonds. The lowest BCUT2D eigenvalue weighted by Crippen LogP contribution is -2.31. The van der Waals surface area contributed by atoms with Gasteiger partial charge in [-0.15, -0.1) is 0 Å². The molecule has 2 aromatic rings. The van der Waals surface area contributed by atoms with Gasteiger partial charge >= 0.3 is 0 Å². The Hall–Kier alpha value is -1.07. The summed E-state index contributed by atoms with van der Waals surface area (Å²) in [6.07, 6.45) is 1.64. The van der Waals surface area contributed by atoms with E-state index < -0.39 is 0 Å². The molecule has 0 radical (unpaired) electrons. The minimum Gasteiger partial charge on any atom is -0.271 e. The van der Waals surface area contributed by atoms with Crippen LogP contribution >= 0.6 is 23.2 Å². The van der Waals surface area contributed by atoms with Crippen LogP contribution in [0.5, 0.6) is 0 Å². The van der Waals surface area contributed by atoms with Crippen LogP contribution in [0.25, 0.3) is 0 Å². The quantitative estimate of drug-likeness (QED) is 0.669. The maximum absolute atomic E-state index is 6.29. The first-order valence-corrected chi connectivity index (χ1v) is 7.16. The summed E-state index contributed by atoms with van der Waals surface area (Å²) in [4.78, 5) is 0. The zero-order valence-corrected chi connectivity index (χ0v) is 13.2. The Labute approximate surface area is 128 Å². The molecule has 1 heterocycles. The van der Waals surface area contributed by atoms with Crippen LogP contribution in [-0.4, -0.2) is 9.78 Å². The number of nitrogens with one attached hydrogen (secondary N) is 1. The number of benzene rings is 1. The van der Waals surface area contributed by atoms with E-state index in [0.717, 1.165) is 16.8 Å². The van der Waals surface area contributed by atoms with E-state index in [1.807, 2.05) is 43.7 Å². The number of hydrogen-bond acceptors (Lipinski definition) is 3. The fourth-order valence-corrected chi connectivity index (χ4v) is 2.69. The van der Waals surface area contributed by atoms with E-state index in [4.69, 9.17) is 29.0 Å². The second kappa shape index (κ2) is 6.14. The average molecular weight is 313 g/mol. The van der Waals surface area contributed by atoms with Gasteiger partial charge in [0.05, 0.1) is 23.0 Å². The molecule has 1 aromatic carbocycles. The van der Waals surface area contributed by atoms with Crippen molar-refractivity contribution in [3.63, 3.8) is 0 Å². The molecule has 0 aliphatic carbocycles. The monoisotopic (exact) mass is 312 g/mol. The number of nitrogens with zero attached hydrogens (tertiary/aromatic N) is 2. The molecule has 0 fully saturated rings. The zero-order valence-electron chi connectivity index (χ0n) is 11.7. The SMILES string of the molecule is Cc1ccc(Cl)cc1C(NN)c1c(Cl)cnn1C(C)C. The van der Waals surface area contributed by atoms with Crippen LogP contribution in [0.3, 0.4) is 0 Å². The van der Waals surface area contributed by atoms with E-state index in [1.165, 1.54) is 0 Å². The largest absolute Gasteiger partial charge is 0.271 e. The average Bonchev–Trinajstić information content (AvgIpc) is 2.77. The van der Waals surface area contributed by atoms with Gasteiger partial charge in [-0.25, -0.2) is 5.43 Å². The van der Waals surface area contributed by atoms with Crippen LogP contribution in [0, 0.1) is 6.92 Å². The van der Waals surface area contributed by atoms with Crippen molar-refractivity contribution >= 4 is 23.2 Å². The van der Waals surface area contributed by atoms with Gasteiger partial charge in [0.15, 0.2) is 0 Å². The first kappa shape index (κ1) is 15.3. The van der Waals surface area contributed by atoms with Crippen molar-refractivity contribution in [1.82, 2.24) is 15.2 Å². The van der Waals surface area contributed by atoms with Crippen LogP contribution < -0.4 is 11.3 Å². The highest BCUT2D eigenvalue weighted by molar-refractivity contribution is 6.31. The molecule has 1 unspecified atom stereocenters. The van der Waals surface area contributed by atoms with Gasteiger partial charge in [-0.05, 0) is 44.0 Å². The van der Waals surface area contributed by atoms with E-state index in [9.17, 15) is 0 Å². The van der Waals surface area contributed by atoms with Crippen molar-refractivity contribution in [3.05, 3.63) is 51.3 Å². The summed E-state index contributed by atoms with van der Waals surface area (Å²) in [5, 5.41) is 5.57. The molecule has 0 bridgehead atoms. The first-order chi connectivity index (χ1) is 9.45. The van der Waals surface area contributed by atoms with Crippen molar-refractivity contribution in [2.75, 3.05) is 0 Å². The van der Waals surface area contributed by atoms with Crippen molar-refractivity contribution in [2.24, 2.45) is 5.84 Å². The van der Waals surface area contributed by atoms with Crippen molar-refractivity contribution in [1.29, 1.82) is 0 Å². The van der Waals surface area contributed by atoms with Gasteiger partial charge in [0.25, 0.3) is 0 Å². The Bertz CT molecular complexity index is 607. The van der Waals surface area contributed by atoms with Crippen molar-refractivity contribution in [3.8, 4) is 0 Å². The minimum atomic E-state index is -0.258. The van der Waals surface area contributed by atoms with Crippen LogP contribution in [0.15, 0.2) is 24.4 Å². The topological polar surface area (TPSA) is 55.9 Å². The van der Waals surface area contributed by atoms with Crippen molar-refractivity contribution < 1.29 is 0 Å². The van der Waals surface area contributed by atoms with Gasteiger partial charge in [0, 0.05) is 11.1 Å². The summed E-state index contributed by atoms with van der Waals surface area (Å²) < 4.78 is 1.87. The lowest BCUT2D eigenvalue weighted by Gasteiger charge is -2.22. The molecule has 2 rings (SSSR count). The van der Waals surface area contributed by atoms with E-state index in [0.29, 0.717) is 10.0 Å². The van der Waals surface area contributed by atoms with Gasteiger partial charge < -0.3 is 0 Å². The number of hydrogen-bond donors (Lipinski definition) is 2. The molecule has 3 N–H and O–H groups in total. The molecule has 0 spiro atoms. The third kappa shape index (κ3) is 2.83. The van der Waals surface area contributed by atoms with Gasteiger partial charge in [-0.3, -0.25) is 10.5 Å². The molecule has 1 atom stereocenters. The number of nitrogens with two attached hydrogens (primary N) is 1. The summed E-state index contributed by atoms with van der Waals surface area (Å²) >= 11 is 12.4. The number of rotatable bonds is 4. The standard InChI is InChI=1S/C14H18Cl2N4/c1-8(2)20-14(12(16)7-18-20)13(19-17)11-6-10(15)5-4-9(11)3/h4-8,13,19H,17H2,1-3H3. The third-order valence-electron chi connectivity index (χ3n) is 3.27. The number of aryl methyl sites for hydroxylation is 1. The maximum Gasteiger partial charge on any atom is 0.0896 e. The Morgan fingerprint density at radius 1 is 1.30 bits per heavy atom. The summed E-state index contributed by atoms with van der Waals surface area (Å²) in [5.41, 5.74) is 5.74. The molecule has 0 saturated heterocycles. The van der Waals surface area contributed by atoms with Crippen molar-refractivity contribution in [2.45, 2.75) is 32.9 Å². The lowest BCUT2D eigenvalue weighted by atomic mass is 9.99. The lowest BCUT2D eigenvalue weighted by molar-refractivity contribution is 0.476. The first-order valence-electron chi connectivity index (χ1n) is 6.40. The van der Waals surface area contributed by atoms with Gasteiger partial charge in [0.1, 0.15) is 0 Å². The molecule has 0 saturated carbocycles. The zero-order chi connectivity index (χ0) is 14.9. The van der Waals surface area contributed by atoms with Crippen LogP contribution in [0.2, 0.25) is 10.0 Å². The Balaban J connectivity index is 2.58. The molecule has 1 aromatic heterocycles. The van der Waals surface area contributed by atoms with Crippen LogP contribution in [0.4, 0.5) is 0 Å². The maximum atomic E-state index is 6.29. The molecule has 0 aliphatic heterocycles. The van der Waals surface area contributed by atoms with Gasteiger partial charge in [-0.1, -0.05) is 29.3 Å². The van der Waals surface area contributed by atoms with E-state index in [-0.39, 0.29) is 12.1 Å². The highest BCUT2D eigenvalue weighted by atomic mass is 35.5. The molecular weight excluding hydrogens is 295 g/mol. The minimum absolute atomic E-state index is 0.188. The summed E-state index contributed by atoms with van der Waals surface area (Å²) in [6.45, 7) is 6.11. The molecular formula is C14H18Cl2N4. The summed E-state index contributed by atoms with van der Waals surface area (Å²) in [5.74, 6) is 5.76. The molecule has 6 heteroatoms. The fraction of sp³-hybridized carbons (Fsp3) is 0.357. The number of aromatic nitrogens is 2. The Morgan fingerprint density at radius 3 is 2.60 bits per heavy atom. The van der Waals surface area contributed by atoms with Crippen LogP contribution in [0.1, 0.15) is 42.8 Å². The number of halogens is 2. The van der Waals surface area contributed by atoms with E-state index >= 15 is 0 Å². The fourth-order valence-electron chi connectivity index (χ4n) is 2.27. The number of hydrazine groups is 1. The Kier molecular flexibility index (Phi) is 4.70.